The molecule has 2 fully saturated rings. The Labute approximate surface area is 243 Å². The van der Waals surface area contributed by atoms with E-state index in [0.717, 1.165) is 21.8 Å². The molecule has 4 heterocycles. The van der Waals surface area contributed by atoms with Crippen LogP contribution in [-0.2, 0) is 38.6 Å². The number of hydrogen-bond donors (Lipinski definition) is 2. The number of nitrogens with zero attached hydrogens (tertiary/aromatic N) is 1. The van der Waals surface area contributed by atoms with Gasteiger partial charge in [-0.2, -0.15) is 0 Å². The first-order valence-electron chi connectivity index (χ1n) is 13.8. The number of hydrogen-bond acceptors (Lipinski definition) is 6. The van der Waals surface area contributed by atoms with Gasteiger partial charge in [0.05, 0.1) is 31.1 Å². The Hall–Kier alpha value is -3.95. The van der Waals surface area contributed by atoms with Gasteiger partial charge in [0.15, 0.2) is 0 Å². The monoisotopic (exact) mass is 571 g/mol. The number of carbonyl (C=O) groups is 3. The lowest BCUT2D eigenvalue weighted by Gasteiger charge is -2.33. The van der Waals surface area contributed by atoms with Gasteiger partial charge < -0.3 is 25.0 Å². The van der Waals surface area contributed by atoms with E-state index in [2.05, 4.69) is 10.6 Å². The van der Waals surface area contributed by atoms with Crippen LogP contribution in [0.4, 0.5) is 0 Å². The molecule has 0 aliphatic carbocycles. The van der Waals surface area contributed by atoms with Gasteiger partial charge >= 0.3 is 0 Å². The van der Waals surface area contributed by atoms with Crippen molar-refractivity contribution in [2.24, 2.45) is 11.8 Å². The third-order valence-electron chi connectivity index (χ3n) is 8.45. The van der Waals surface area contributed by atoms with E-state index in [9.17, 15) is 14.4 Å². The quantitative estimate of drug-likeness (QED) is 0.364. The molecular formula is C32H33N3O5S. The zero-order chi connectivity index (χ0) is 28.6. The fourth-order valence-corrected chi connectivity index (χ4v) is 7.14. The molecule has 5 unspecified atom stereocenters. The average Bonchev–Trinajstić information content (AvgIpc) is 3.74. The number of thiophene rings is 1. The Morgan fingerprint density at radius 2 is 1.71 bits per heavy atom. The maximum Gasteiger partial charge on any atom is 0.246 e. The number of rotatable bonds is 10. The Morgan fingerprint density at radius 1 is 0.951 bits per heavy atom. The number of fused-ring (bicyclic) bond motifs is 1. The van der Waals surface area contributed by atoms with Gasteiger partial charge in [0.2, 0.25) is 17.7 Å². The number of likely N-dealkylation sites (tertiary alicyclic amines) is 1. The fraction of sp³-hybridized carbons (Fsp3) is 0.344. The summed E-state index contributed by atoms with van der Waals surface area (Å²) in [7, 11) is 1.62. The molecule has 3 amide bonds. The van der Waals surface area contributed by atoms with Gasteiger partial charge in [-0.1, -0.05) is 60.7 Å². The van der Waals surface area contributed by atoms with Crippen molar-refractivity contribution in [2.45, 2.75) is 43.7 Å². The number of benzene rings is 2. The smallest absolute Gasteiger partial charge is 0.246 e. The number of carbonyl (C=O) groups excluding carboxylic acids is 3. The number of methoxy groups -OCH3 is 1. The largest absolute Gasteiger partial charge is 0.497 e. The van der Waals surface area contributed by atoms with E-state index >= 15 is 0 Å². The highest BCUT2D eigenvalue weighted by Gasteiger charge is 2.76. The SMILES string of the molecule is COc1ccc(CCN2C(=O)C3C(C(=O)NCc4cccs4)C4(C)C=CC3(O4)C2C(=O)NCc2ccccc2)cc1. The Kier molecular flexibility index (Phi) is 7.17. The lowest BCUT2D eigenvalue weighted by Crippen LogP contribution is -2.55. The molecule has 2 aromatic carbocycles. The van der Waals surface area contributed by atoms with E-state index in [-0.39, 0.29) is 17.7 Å². The summed E-state index contributed by atoms with van der Waals surface area (Å²) in [6, 6.07) is 20.3. The van der Waals surface area contributed by atoms with Gasteiger partial charge in [-0.15, -0.1) is 11.3 Å². The minimum atomic E-state index is -1.22. The fourth-order valence-electron chi connectivity index (χ4n) is 6.49. The zero-order valence-corrected chi connectivity index (χ0v) is 23.9. The molecule has 41 heavy (non-hydrogen) atoms. The normalized spacial score (nSPS) is 27.6. The second-order valence-corrected chi connectivity index (χ2v) is 12.0. The van der Waals surface area contributed by atoms with Crippen molar-refractivity contribution >= 4 is 29.1 Å². The van der Waals surface area contributed by atoms with Crippen molar-refractivity contribution in [3.05, 3.63) is 100 Å². The van der Waals surface area contributed by atoms with E-state index in [1.165, 1.54) is 0 Å². The van der Waals surface area contributed by atoms with Gasteiger partial charge in [-0.3, -0.25) is 14.4 Å². The molecule has 2 saturated heterocycles. The second kappa shape index (κ2) is 10.8. The van der Waals surface area contributed by atoms with Crippen LogP contribution in [0.5, 0.6) is 5.75 Å². The summed E-state index contributed by atoms with van der Waals surface area (Å²) >= 11 is 1.56. The molecule has 9 heteroatoms. The molecule has 0 radical (unpaired) electrons. The Bertz CT molecular complexity index is 1460. The van der Waals surface area contributed by atoms with Crippen LogP contribution < -0.4 is 15.4 Å². The van der Waals surface area contributed by atoms with Crippen molar-refractivity contribution in [1.82, 2.24) is 15.5 Å². The van der Waals surface area contributed by atoms with Gasteiger partial charge in [-0.25, -0.2) is 0 Å². The summed E-state index contributed by atoms with van der Waals surface area (Å²) < 4.78 is 11.9. The van der Waals surface area contributed by atoms with Crippen LogP contribution in [0, 0.1) is 11.8 Å². The van der Waals surface area contributed by atoms with E-state index in [4.69, 9.17) is 9.47 Å². The third kappa shape index (κ3) is 4.83. The molecule has 1 aromatic heterocycles. The highest BCUT2D eigenvalue weighted by atomic mass is 32.1. The molecule has 3 aromatic rings. The standard InChI is InChI=1S/C32H33N3O5S/c1-31-15-16-32(40-31)26(25(31)28(36)34-20-24-9-6-18-41-24)30(38)35(17-14-21-10-12-23(39-2)13-11-21)27(32)29(37)33-19-22-7-4-3-5-8-22/h3-13,15-16,18,25-27H,14,17,19-20H2,1-2H3,(H,33,37)(H,34,36). The molecule has 3 aliphatic rings. The summed E-state index contributed by atoms with van der Waals surface area (Å²) in [6.07, 6.45) is 4.24. The van der Waals surface area contributed by atoms with Crippen LogP contribution in [0.3, 0.4) is 0 Å². The third-order valence-corrected chi connectivity index (χ3v) is 9.33. The van der Waals surface area contributed by atoms with Gasteiger partial charge in [-0.05, 0) is 48.1 Å². The molecule has 8 nitrogen and oxygen atoms in total. The lowest BCUT2D eigenvalue weighted by atomic mass is 9.70. The summed E-state index contributed by atoms with van der Waals surface area (Å²) in [4.78, 5) is 44.4. The van der Waals surface area contributed by atoms with Crippen LogP contribution in [-0.4, -0.2) is 53.5 Å². The van der Waals surface area contributed by atoms with Crippen LogP contribution in [0.15, 0.2) is 84.3 Å². The molecule has 0 saturated carbocycles. The van der Waals surface area contributed by atoms with E-state index in [0.29, 0.717) is 26.1 Å². The molecular weight excluding hydrogens is 538 g/mol. The van der Waals surface area contributed by atoms with E-state index in [1.807, 2.05) is 91.2 Å². The van der Waals surface area contributed by atoms with Gasteiger partial charge in [0, 0.05) is 18.0 Å². The van der Waals surface area contributed by atoms with Crippen LogP contribution in [0.1, 0.15) is 22.9 Å². The highest BCUT2D eigenvalue weighted by Crippen LogP contribution is 2.59. The summed E-state index contributed by atoms with van der Waals surface area (Å²) in [5.74, 6) is -1.58. The first-order chi connectivity index (χ1) is 19.8. The van der Waals surface area contributed by atoms with Crippen LogP contribution >= 0.6 is 11.3 Å². The highest BCUT2D eigenvalue weighted by molar-refractivity contribution is 7.09. The Morgan fingerprint density at radius 3 is 2.41 bits per heavy atom. The predicted octanol–water partition coefficient (Wildman–Crippen LogP) is 3.47. The maximum atomic E-state index is 14.2. The van der Waals surface area contributed by atoms with Crippen LogP contribution in [0.2, 0.25) is 0 Å². The molecule has 5 atom stereocenters. The van der Waals surface area contributed by atoms with Gasteiger partial charge in [0.25, 0.3) is 0 Å². The zero-order valence-electron chi connectivity index (χ0n) is 23.0. The lowest BCUT2D eigenvalue weighted by molar-refractivity contribution is -0.145. The van der Waals surface area contributed by atoms with E-state index < -0.39 is 29.1 Å². The molecule has 2 bridgehead atoms. The topological polar surface area (TPSA) is 97.0 Å². The van der Waals surface area contributed by atoms with Crippen LogP contribution in [0.25, 0.3) is 0 Å². The minimum Gasteiger partial charge on any atom is -0.497 e. The summed E-state index contributed by atoms with van der Waals surface area (Å²) in [5.41, 5.74) is -0.249. The first-order valence-corrected chi connectivity index (χ1v) is 14.7. The predicted molar refractivity (Wildman–Crippen MR) is 155 cm³/mol. The second-order valence-electron chi connectivity index (χ2n) is 11.0. The van der Waals surface area contributed by atoms with Crippen molar-refractivity contribution in [3.63, 3.8) is 0 Å². The van der Waals surface area contributed by atoms with Gasteiger partial charge in [0.1, 0.15) is 17.4 Å². The number of amides is 3. The number of nitrogens with one attached hydrogen (secondary N) is 2. The van der Waals surface area contributed by atoms with Crippen molar-refractivity contribution in [2.75, 3.05) is 13.7 Å². The molecule has 3 aliphatic heterocycles. The minimum absolute atomic E-state index is 0.234. The molecule has 6 rings (SSSR count). The molecule has 1 spiro atoms. The molecule has 2 N–H and O–H groups in total. The van der Waals surface area contributed by atoms with Crippen molar-refractivity contribution in [3.8, 4) is 5.75 Å². The van der Waals surface area contributed by atoms with Crippen molar-refractivity contribution < 1.29 is 23.9 Å². The Balaban J connectivity index is 1.28. The number of ether oxygens (including phenoxy) is 2. The first kappa shape index (κ1) is 27.2. The van der Waals surface area contributed by atoms with E-state index in [1.54, 1.807) is 23.3 Å². The summed E-state index contributed by atoms with van der Waals surface area (Å²) in [5, 5.41) is 8.01. The maximum absolute atomic E-state index is 14.2. The average molecular weight is 572 g/mol. The van der Waals surface area contributed by atoms with Crippen molar-refractivity contribution in [1.29, 1.82) is 0 Å². The summed E-state index contributed by atoms with van der Waals surface area (Å²) in [6.45, 7) is 2.84. The molecule has 212 valence electrons.